The van der Waals surface area contributed by atoms with Crippen LogP contribution in [0, 0.1) is 12.8 Å². The number of rotatable bonds is 9. The molecule has 16 nitrogen and oxygen atoms in total. The fraction of sp³-hybridized carbons (Fsp3) is 0.511. The molecule has 0 radical (unpaired) electrons. The van der Waals surface area contributed by atoms with E-state index in [1.165, 1.54) is 4.90 Å². The fourth-order valence-corrected chi connectivity index (χ4v) is 10.5. The Morgan fingerprint density at radius 1 is 0.935 bits per heavy atom. The number of nitrogens with one attached hydrogen (secondary N) is 3. The van der Waals surface area contributed by atoms with Crippen molar-refractivity contribution in [2.75, 3.05) is 13.7 Å². The van der Waals surface area contributed by atoms with Crippen molar-refractivity contribution >= 4 is 50.4 Å². The molecule has 4 fully saturated rings. The molecule has 9 rings (SSSR count). The maximum Gasteiger partial charge on any atom is 0.408 e. The van der Waals surface area contributed by atoms with Gasteiger partial charge >= 0.3 is 6.09 Å². The average Bonchev–Trinajstić information content (AvgIpc) is 4.07. The number of methoxy groups -OCH3 is 1. The molecule has 3 N–H and O–H groups in total. The lowest BCUT2D eigenvalue weighted by Crippen LogP contribution is -2.58. The first-order valence-corrected chi connectivity index (χ1v) is 23.4. The van der Waals surface area contributed by atoms with E-state index in [2.05, 4.69) is 15.4 Å². The van der Waals surface area contributed by atoms with Crippen LogP contribution in [0.4, 0.5) is 4.79 Å². The molecule has 4 amide bonds. The van der Waals surface area contributed by atoms with Gasteiger partial charge in [-0.1, -0.05) is 36.6 Å². The number of allylic oxidation sites excluding steroid dienone is 1. The molecular weight excluding hydrogens is 815 g/mol. The van der Waals surface area contributed by atoms with E-state index in [1.54, 1.807) is 17.7 Å². The maximum absolute atomic E-state index is 14.8. The van der Waals surface area contributed by atoms with Gasteiger partial charge in [0.05, 0.1) is 30.1 Å². The van der Waals surface area contributed by atoms with Gasteiger partial charge in [0.1, 0.15) is 35.6 Å². The molecule has 0 spiro atoms. The summed E-state index contributed by atoms with van der Waals surface area (Å²) in [5.41, 5.74) is 2.16. The van der Waals surface area contributed by atoms with Gasteiger partial charge in [-0.05, 0) is 108 Å². The normalized spacial score (nSPS) is 26.5. The summed E-state index contributed by atoms with van der Waals surface area (Å²) < 4.78 is 47.7. The number of hydrogen-bond acceptors (Lipinski definition) is 11. The highest BCUT2D eigenvalue weighted by atomic mass is 32.2. The van der Waals surface area contributed by atoms with E-state index in [1.807, 2.05) is 61.5 Å². The van der Waals surface area contributed by atoms with Crippen molar-refractivity contribution in [2.24, 2.45) is 5.92 Å². The molecule has 17 heteroatoms. The lowest BCUT2D eigenvalue weighted by Gasteiger charge is -2.30. The molecule has 5 aliphatic rings. The van der Waals surface area contributed by atoms with Gasteiger partial charge in [-0.15, -0.1) is 0 Å². The van der Waals surface area contributed by atoms with E-state index in [4.69, 9.17) is 24.3 Å². The molecule has 0 bridgehead atoms. The van der Waals surface area contributed by atoms with Gasteiger partial charge in [0, 0.05) is 29.4 Å². The Balaban J connectivity index is 1.06. The van der Waals surface area contributed by atoms with Crippen LogP contribution in [0.15, 0.2) is 60.7 Å². The number of amides is 4. The van der Waals surface area contributed by atoms with Crippen molar-refractivity contribution in [1.82, 2.24) is 34.9 Å². The molecule has 4 heterocycles. The highest BCUT2D eigenvalue weighted by molar-refractivity contribution is 7.91. The molecule has 0 unspecified atom stereocenters. The average molecular weight is 868 g/mol. The first-order valence-electron chi connectivity index (χ1n) is 21.8. The summed E-state index contributed by atoms with van der Waals surface area (Å²) >= 11 is 0. The van der Waals surface area contributed by atoms with Crippen molar-refractivity contribution < 1.29 is 41.8 Å². The van der Waals surface area contributed by atoms with Crippen molar-refractivity contribution in [3.63, 3.8) is 0 Å². The molecule has 2 aromatic carbocycles. The fourth-order valence-electron chi connectivity index (χ4n) is 9.12. The Morgan fingerprint density at radius 2 is 1.71 bits per heavy atom. The van der Waals surface area contributed by atoms with E-state index >= 15 is 0 Å². The van der Waals surface area contributed by atoms with E-state index < -0.39 is 68.7 Å². The number of ether oxygens (including phenoxy) is 3. The van der Waals surface area contributed by atoms with Crippen LogP contribution in [0.5, 0.6) is 11.6 Å². The lowest BCUT2D eigenvalue weighted by atomic mass is 10.0. The zero-order valence-corrected chi connectivity index (χ0v) is 35.8. The number of carbonyl (C=O) groups is 4. The first kappa shape index (κ1) is 41.6. The van der Waals surface area contributed by atoms with Gasteiger partial charge in [-0.25, -0.2) is 18.2 Å². The first-order chi connectivity index (χ1) is 29.9. The van der Waals surface area contributed by atoms with Crippen molar-refractivity contribution in [3.05, 3.63) is 66.2 Å². The molecular formula is C45H53N7O9S. The van der Waals surface area contributed by atoms with E-state index in [9.17, 15) is 27.6 Å². The van der Waals surface area contributed by atoms with Crippen molar-refractivity contribution in [3.8, 4) is 22.9 Å². The molecule has 328 valence electrons. The Labute approximate surface area is 360 Å². The maximum atomic E-state index is 14.8. The summed E-state index contributed by atoms with van der Waals surface area (Å²) in [6.07, 6.45) is 10.0. The van der Waals surface area contributed by atoms with Crippen LogP contribution in [0.3, 0.4) is 0 Å². The summed E-state index contributed by atoms with van der Waals surface area (Å²) in [5.74, 6) is -1.32. The molecule has 1 saturated heterocycles. The van der Waals surface area contributed by atoms with Gasteiger partial charge in [0.25, 0.3) is 5.91 Å². The molecule has 5 atom stereocenters. The third kappa shape index (κ3) is 8.55. The minimum absolute atomic E-state index is 0.0248. The summed E-state index contributed by atoms with van der Waals surface area (Å²) in [4.78, 5) is 63.1. The Kier molecular flexibility index (Phi) is 11.3. The van der Waals surface area contributed by atoms with Crippen LogP contribution in [0.2, 0.25) is 0 Å². The van der Waals surface area contributed by atoms with Gasteiger partial charge < -0.3 is 29.7 Å². The Morgan fingerprint density at radius 3 is 2.47 bits per heavy atom. The minimum Gasteiger partial charge on any atom is -0.497 e. The quantitative estimate of drug-likeness (QED) is 0.186. The number of nitrogens with zero attached hydrogens (tertiary/aromatic N) is 4. The van der Waals surface area contributed by atoms with Crippen molar-refractivity contribution in [1.29, 1.82) is 0 Å². The highest BCUT2D eigenvalue weighted by Crippen LogP contribution is 2.46. The summed E-state index contributed by atoms with van der Waals surface area (Å²) in [5, 5.41) is 10.8. The van der Waals surface area contributed by atoms with Gasteiger partial charge in [-0.3, -0.25) is 19.1 Å². The Bertz CT molecular complexity index is 2530. The standard InChI is InChI=1S/C45H53N7O9S/c1-27-14-21-35-34(22-27)40-46-37(28-15-17-30(59-2)18-16-28)24-39(52(40)49-35)60-32-23-38-41(53)48-45(43(55)50-62(57,58)33-19-20-33)25-29(45)10-6-4-3-5-7-13-36(42(54)51(38)26-32)47-44(56)61-31-11-8-9-12-31/h6,10,14-18,21-22,24,29,31-33,36,38H,3-5,7-9,11-13,19-20,23,25-26H2,1-2H3,(H,47,56)(H,48,53)(H,50,55)/b10-6-/t29-,32-,36+,38+,45-/m1/s1. The van der Waals surface area contributed by atoms with Crippen LogP contribution in [-0.2, 0) is 29.1 Å². The number of aryl methyl sites for hydroxylation is 1. The molecule has 62 heavy (non-hydrogen) atoms. The predicted molar refractivity (Wildman–Crippen MR) is 229 cm³/mol. The van der Waals surface area contributed by atoms with Gasteiger partial charge in [0.2, 0.25) is 27.7 Å². The zero-order valence-electron chi connectivity index (χ0n) is 35.0. The molecule has 4 aromatic rings. The SMILES string of the molecule is COc1ccc(-c2cc(O[C@@H]3C[C@H]4C(=O)N[C@]5(C(=O)NS(=O)(=O)C6CC6)C[C@H]5/C=C\CCCCC[C@H](NC(=O)OC5CCCC5)C(=O)N4C3)n3nc4ccc(C)cc4c3n2)cc1. The summed E-state index contributed by atoms with van der Waals surface area (Å²) in [7, 11) is -2.32. The number of fused-ring (bicyclic) bond motifs is 5. The second-order valence-electron chi connectivity index (χ2n) is 17.5. The zero-order chi connectivity index (χ0) is 43.2. The number of carbonyl (C=O) groups excluding carboxylic acids is 4. The van der Waals surface area contributed by atoms with Crippen molar-refractivity contribution in [2.45, 2.75) is 125 Å². The highest BCUT2D eigenvalue weighted by Gasteiger charge is 2.62. The second-order valence-corrected chi connectivity index (χ2v) is 19.4. The number of hydrogen-bond donors (Lipinski definition) is 3. The van der Waals surface area contributed by atoms with E-state index in [0.717, 1.165) is 55.0 Å². The summed E-state index contributed by atoms with van der Waals surface area (Å²) in [6, 6.07) is 13.0. The van der Waals surface area contributed by atoms with Crippen LogP contribution in [0.25, 0.3) is 27.8 Å². The second kappa shape index (κ2) is 16.9. The number of benzene rings is 2. The monoisotopic (exact) mass is 867 g/mol. The van der Waals surface area contributed by atoms with Gasteiger partial charge in [0.15, 0.2) is 5.65 Å². The van der Waals surface area contributed by atoms with Crippen LogP contribution in [-0.4, -0.2) is 100 Å². The van der Waals surface area contributed by atoms with E-state index in [0.29, 0.717) is 60.6 Å². The molecule has 3 aliphatic carbocycles. The minimum atomic E-state index is -3.92. The van der Waals surface area contributed by atoms with Crippen LogP contribution < -0.4 is 24.8 Å². The van der Waals surface area contributed by atoms with Crippen LogP contribution >= 0.6 is 0 Å². The molecule has 3 saturated carbocycles. The third-order valence-corrected chi connectivity index (χ3v) is 14.7. The van der Waals surface area contributed by atoms with E-state index in [-0.39, 0.29) is 25.5 Å². The number of alkyl carbamates (subject to hydrolysis) is 1. The predicted octanol–water partition coefficient (Wildman–Crippen LogP) is 5.26. The lowest BCUT2D eigenvalue weighted by molar-refractivity contribution is -0.141. The van der Waals surface area contributed by atoms with Gasteiger partial charge in [-0.2, -0.15) is 9.61 Å². The smallest absolute Gasteiger partial charge is 0.408 e. The molecule has 2 aliphatic heterocycles. The topological polar surface area (TPSA) is 200 Å². The number of sulfonamides is 1. The third-order valence-electron chi connectivity index (χ3n) is 12.9. The number of aromatic nitrogens is 3. The largest absolute Gasteiger partial charge is 0.497 e. The Hall–Kier alpha value is -5.71. The van der Waals surface area contributed by atoms with Crippen LogP contribution in [0.1, 0.15) is 89.0 Å². The molecule has 2 aromatic heterocycles. The summed E-state index contributed by atoms with van der Waals surface area (Å²) in [6.45, 7) is 1.96.